The van der Waals surface area contributed by atoms with Crippen molar-refractivity contribution in [3.8, 4) is 6.07 Å². The monoisotopic (exact) mass is 571 g/mol. The Morgan fingerprint density at radius 3 is 2.62 bits per heavy atom. The van der Waals surface area contributed by atoms with Crippen molar-refractivity contribution in [1.29, 1.82) is 5.26 Å². The van der Waals surface area contributed by atoms with Crippen molar-refractivity contribution in [2.24, 2.45) is 7.05 Å². The lowest BCUT2D eigenvalue weighted by Gasteiger charge is -2.24. The van der Waals surface area contributed by atoms with Gasteiger partial charge in [-0.15, -0.1) is 11.8 Å². The van der Waals surface area contributed by atoms with Gasteiger partial charge in [-0.25, -0.2) is 13.4 Å². The van der Waals surface area contributed by atoms with Gasteiger partial charge in [-0.3, -0.25) is 14.1 Å². The molecular weight excluding hydrogens is 546 g/mol. The number of ether oxygens (including phenoxy) is 1. The quantitative estimate of drug-likeness (QED) is 0.178. The van der Waals surface area contributed by atoms with Gasteiger partial charge < -0.3 is 9.30 Å². The third-order valence-corrected chi connectivity index (χ3v) is 9.15. The number of hydrogen-bond donors (Lipinski definition) is 0. The van der Waals surface area contributed by atoms with Crippen LogP contribution in [0.4, 0.5) is 5.69 Å². The maximum atomic E-state index is 14.0. The minimum atomic E-state index is -4.21. The number of carbonyl (C=O) groups is 1. The Kier molecular flexibility index (Phi) is 7.73. The summed E-state index contributed by atoms with van der Waals surface area (Å²) in [5.74, 6) is 0.693. The van der Waals surface area contributed by atoms with Gasteiger partial charge in [-0.1, -0.05) is 18.2 Å². The molecule has 3 aromatic carbocycles. The Balaban J connectivity index is 1.52. The fourth-order valence-electron chi connectivity index (χ4n) is 4.34. The molecule has 2 aromatic heterocycles. The molecule has 0 aliphatic carbocycles. The van der Waals surface area contributed by atoms with Gasteiger partial charge in [0.2, 0.25) is 0 Å². The summed E-state index contributed by atoms with van der Waals surface area (Å²) in [6, 6.07) is 23.0. The van der Waals surface area contributed by atoms with E-state index in [9.17, 15) is 13.2 Å². The lowest BCUT2D eigenvalue weighted by Crippen LogP contribution is -2.36. The van der Waals surface area contributed by atoms with Crippen LogP contribution in [0.3, 0.4) is 0 Å². The number of pyridine rings is 1. The molecule has 0 aliphatic rings. The smallest absolute Gasteiger partial charge is 0.326 e. The lowest BCUT2D eigenvalue weighted by molar-refractivity contribution is -0.141. The number of aromatic nitrogens is 3. The number of hydrogen-bond acceptors (Lipinski definition) is 8. The van der Waals surface area contributed by atoms with E-state index in [-0.39, 0.29) is 17.2 Å². The number of carbonyl (C=O) groups excluding carboxylic acids is 1. The van der Waals surface area contributed by atoms with E-state index in [0.717, 1.165) is 20.5 Å². The molecule has 0 unspecified atom stereocenters. The predicted molar refractivity (Wildman–Crippen MR) is 154 cm³/mol. The zero-order valence-corrected chi connectivity index (χ0v) is 23.4. The summed E-state index contributed by atoms with van der Waals surface area (Å²) in [6.45, 7) is 1.30. The minimum absolute atomic E-state index is 0.00415. The van der Waals surface area contributed by atoms with E-state index in [4.69, 9.17) is 15.0 Å². The van der Waals surface area contributed by atoms with Gasteiger partial charge in [0.1, 0.15) is 17.3 Å². The number of nitriles is 1. The SMILES string of the molecule is CCOC(=O)CN(c1ccc2c(c1)nc(CSc1ccc(C#N)cc1)n2C)S(=O)(=O)c1cccc2cccnc12. The van der Waals surface area contributed by atoms with Crippen molar-refractivity contribution in [1.82, 2.24) is 14.5 Å². The van der Waals surface area contributed by atoms with Crippen molar-refractivity contribution in [2.45, 2.75) is 22.5 Å². The number of anilines is 1. The van der Waals surface area contributed by atoms with Crippen LogP contribution in [-0.2, 0) is 32.4 Å². The molecule has 0 aliphatic heterocycles. The summed E-state index contributed by atoms with van der Waals surface area (Å²) in [5.41, 5.74) is 2.62. The highest BCUT2D eigenvalue weighted by Crippen LogP contribution is 2.31. The lowest BCUT2D eigenvalue weighted by atomic mass is 10.2. The number of thioether (sulfide) groups is 1. The maximum absolute atomic E-state index is 14.0. The molecule has 202 valence electrons. The molecule has 5 aromatic rings. The topological polar surface area (TPSA) is 118 Å². The molecule has 5 rings (SSSR count). The van der Waals surface area contributed by atoms with Crippen LogP contribution in [0.25, 0.3) is 21.9 Å². The van der Waals surface area contributed by atoms with E-state index in [0.29, 0.717) is 27.7 Å². The first-order valence-corrected chi connectivity index (χ1v) is 14.8. The van der Waals surface area contributed by atoms with Crippen molar-refractivity contribution in [2.75, 3.05) is 17.5 Å². The Morgan fingerprint density at radius 1 is 1.10 bits per heavy atom. The van der Waals surface area contributed by atoms with Gasteiger partial charge in [0.05, 0.1) is 46.2 Å². The summed E-state index contributed by atoms with van der Waals surface area (Å²) >= 11 is 1.58. The van der Waals surface area contributed by atoms with Crippen LogP contribution >= 0.6 is 11.8 Å². The zero-order valence-electron chi connectivity index (χ0n) is 21.8. The highest BCUT2D eigenvalue weighted by molar-refractivity contribution is 7.98. The fourth-order valence-corrected chi connectivity index (χ4v) is 6.79. The molecule has 2 heterocycles. The second kappa shape index (κ2) is 11.4. The molecule has 0 amide bonds. The molecule has 0 bridgehead atoms. The maximum Gasteiger partial charge on any atom is 0.326 e. The molecular formula is C29H25N5O4S2. The Morgan fingerprint density at radius 2 is 1.88 bits per heavy atom. The number of benzene rings is 3. The molecule has 40 heavy (non-hydrogen) atoms. The molecule has 0 saturated carbocycles. The first-order valence-electron chi connectivity index (χ1n) is 12.4. The number of rotatable bonds is 9. The number of sulfonamides is 1. The standard InChI is InChI=1S/C29H25N5O4S2/c1-3-38-28(35)18-34(40(36,37)26-8-4-6-21-7-5-15-31-29(21)26)22-11-14-25-24(16-22)32-27(33(25)2)19-39-23-12-9-20(17-30)10-13-23/h4-16H,3,18-19H2,1-2H3. The summed E-state index contributed by atoms with van der Waals surface area (Å²) in [4.78, 5) is 22.6. The van der Waals surface area contributed by atoms with Gasteiger partial charge in [0.25, 0.3) is 10.0 Å². The first kappa shape index (κ1) is 27.2. The van der Waals surface area contributed by atoms with Crippen LogP contribution in [-0.4, -0.2) is 42.1 Å². The average molecular weight is 572 g/mol. The largest absolute Gasteiger partial charge is 0.465 e. The highest BCUT2D eigenvalue weighted by atomic mass is 32.2. The van der Waals surface area contributed by atoms with Gasteiger partial charge >= 0.3 is 5.97 Å². The van der Waals surface area contributed by atoms with E-state index in [2.05, 4.69) is 11.1 Å². The summed E-state index contributed by atoms with van der Waals surface area (Å²) in [6.07, 6.45) is 1.54. The van der Waals surface area contributed by atoms with E-state index >= 15 is 0 Å². The molecule has 0 fully saturated rings. The van der Waals surface area contributed by atoms with Crippen LogP contribution in [0.15, 0.2) is 88.8 Å². The number of imidazole rings is 1. The summed E-state index contributed by atoms with van der Waals surface area (Å²) in [7, 11) is -2.31. The Bertz CT molecular complexity index is 1860. The van der Waals surface area contributed by atoms with Gasteiger partial charge in [-0.05, 0) is 61.5 Å². The van der Waals surface area contributed by atoms with Crippen LogP contribution in [0, 0.1) is 11.3 Å². The fraction of sp³-hybridized carbons (Fsp3) is 0.172. The molecule has 0 radical (unpaired) electrons. The third-order valence-electron chi connectivity index (χ3n) is 6.34. The van der Waals surface area contributed by atoms with Crippen LogP contribution in [0.2, 0.25) is 0 Å². The van der Waals surface area contributed by atoms with E-state index in [1.54, 1.807) is 73.3 Å². The van der Waals surface area contributed by atoms with Gasteiger partial charge in [0, 0.05) is 23.5 Å². The zero-order chi connectivity index (χ0) is 28.3. The highest BCUT2D eigenvalue weighted by Gasteiger charge is 2.30. The molecule has 0 spiro atoms. The minimum Gasteiger partial charge on any atom is -0.465 e. The number of fused-ring (bicyclic) bond motifs is 2. The van der Waals surface area contributed by atoms with Crippen LogP contribution in [0.1, 0.15) is 18.3 Å². The van der Waals surface area contributed by atoms with Crippen LogP contribution < -0.4 is 4.31 Å². The number of para-hydroxylation sites is 1. The van der Waals surface area contributed by atoms with Gasteiger partial charge in [-0.2, -0.15) is 5.26 Å². The molecule has 0 saturated heterocycles. The van der Waals surface area contributed by atoms with Crippen LogP contribution in [0.5, 0.6) is 0 Å². The molecule has 0 N–H and O–H groups in total. The van der Waals surface area contributed by atoms with E-state index in [1.165, 1.54) is 12.3 Å². The molecule has 11 heteroatoms. The third kappa shape index (κ3) is 5.36. The van der Waals surface area contributed by atoms with Crippen molar-refractivity contribution < 1.29 is 17.9 Å². The summed E-state index contributed by atoms with van der Waals surface area (Å²) < 4.78 is 36.2. The Hall–Kier alpha value is -4.40. The van der Waals surface area contributed by atoms with Crippen molar-refractivity contribution in [3.05, 3.63) is 90.4 Å². The average Bonchev–Trinajstić information content (AvgIpc) is 3.29. The number of nitrogens with zero attached hydrogens (tertiary/aromatic N) is 5. The second-order valence-corrected chi connectivity index (χ2v) is 11.7. The van der Waals surface area contributed by atoms with Crippen molar-refractivity contribution >= 4 is 55.4 Å². The van der Waals surface area contributed by atoms with Gasteiger partial charge in [0.15, 0.2) is 0 Å². The first-order chi connectivity index (χ1) is 19.3. The van der Waals surface area contributed by atoms with E-state index in [1.807, 2.05) is 23.7 Å². The summed E-state index contributed by atoms with van der Waals surface area (Å²) in [5, 5.41) is 9.68. The van der Waals surface area contributed by atoms with E-state index < -0.39 is 22.5 Å². The number of esters is 1. The molecule has 0 atom stereocenters. The Labute approximate surface area is 236 Å². The normalized spacial score (nSPS) is 11.4. The number of aryl methyl sites for hydroxylation is 1. The molecule has 9 nitrogen and oxygen atoms in total. The van der Waals surface area contributed by atoms with Crippen molar-refractivity contribution in [3.63, 3.8) is 0 Å². The second-order valence-electron chi connectivity index (χ2n) is 8.83. The predicted octanol–water partition coefficient (Wildman–Crippen LogP) is 5.04.